The molecular weight excluding hydrogens is 554 g/mol. The smallest absolute Gasteiger partial charge is 0.407 e. The van der Waals surface area contributed by atoms with Crippen LogP contribution in [0.1, 0.15) is 24.8 Å². The number of benzene rings is 2. The van der Waals surface area contributed by atoms with E-state index in [2.05, 4.69) is 10.6 Å². The fraction of sp³-hybridized carbons (Fsp3) is 0.500. The number of hydrogen-bond acceptors (Lipinski definition) is 9. The predicted molar refractivity (Wildman–Crippen MR) is 145 cm³/mol. The highest BCUT2D eigenvalue weighted by Crippen LogP contribution is 2.33. The van der Waals surface area contributed by atoms with Crippen molar-refractivity contribution >= 4 is 22.0 Å². The Kier molecular flexibility index (Phi) is 9.09. The highest BCUT2D eigenvalue weighted by molar-refractivity contribution is 7.89. The molecule has 6 atom stereocenters. The summed E-state index contributed by atoms with van der Waals surface area (Å²) in [6.07, 6.45) is -1.33. The Morgan fingerprint density at radius 1 is 1.12 bits per heavy atom. The number of rotatable bonds is 11. The number of aliphatic hydroxyl groups is 1. The summed E-state index contributed by atoms with van der Waals surface area (Å²) in [6, 6.07) is 12.9. The van der Waals surface area contributed by atoms with Gasteiger partial charge in [0, 0.05) is 25.6 Å². The lowest BCUT2D eigenvalue weighted by Gasteiger charge is -2.31. The molecule has 0 radical (unpaired) electrons. The molecule has 3 aliphatic rings. The van der Waals surface area contributed by atoms with Crippen LogP contribution in [0.15, 0.2) is 59.5 Å². The summed E-state index contributed by atoms with van der Waals surface area (Å²) in [5.41, 5.74) is 0.821. The van der Waals surface area contributed by atoms with Crippen LogP contribution in [0.25, 0.3) is 0 Å². The average molecular weight is 590 g/mol. The molecule has 0 aliphatic carbocycles. The molecule has 2 aromatic carbocycles. The van der Waals surface area contributed by atoms with Gasteiger partial charge in [-0.1, -0.05) is 30.3 Å². The first-order chi connectivity index (χ1) is 19.7. The highest BCUT2D eigenvalue weighted by atomic mass is 32.2. The highest BCUT2D eigenvalue weighted by Gasteiger charge is 2.44. The molecule has 5 rings (SSSR count). The summed E-state index contributed by atoms with van der Waals surface area (Å²) in [6.45, 7) is 0.300. The summed E-state index contributed by atoms with van der Waals surface area (Å²) in [5.74, 6) is -0.326. The lowest BCUT2D eigenvalue weighted by Crippen LogP contribution is -2.53. The van der Waals surface area contributed by atoms with Crippen molar-refractivity contribution in [2.75, 3.05) is 26.3 Å². The second-order valence-corrected chi connectivity index (χ2v) is 12.5. The molecule has 3 heterocycles. The summed E-state index contributed by atoms with van der Waals surface area (Å²) < 4.78 is 45.1. The number of amides is 2. The molecule has 0 aromatic heterocycles. The van der Waals surface area contributed by atoms with Gasteiger partial charge in [-0.2, -0.15) is 4.31 Å². The van der Waals surface area contributed by atoms with Crippen molar-refractivity contribution < 1.29 is 42.4 Å². The second kappa shape index (κ2) is 12.7. The number of carbonyl (C=O) groups is 2. The fourth-order valence-electron chi connectivity index (χ4n) is 5.46. The molecule has 0 bridgehead atoms. The number of hydrogen-bond donors (Lipinski definition) is 4. The molecule has 12 nitrogen and oxygen atoms in total. The van der Waals surface area contributed by atoms with Crippen molar-refractivity contribution in [1.29, 1.82) is 0 Å². The molecule has 3 saturated heterocycles. The molecule has 3 fully saturated rings. The van der Waals surface area contributed by atoms with Crippen LogP contribution in [-0.2, 0) is 35.4 Å². The van der Waals surface area contributed by atoms with E-state index in [0.29, 0.717) is 19.4 Å². The number of nitrogens with zero attached hydrogens (tertiary/aromatic N) is 1. The van der Waals surface area contributed by atoms with Crippen LogP contribution in [0.4, 0.5) is 4.79 Å². The van der Waals surface area contributed by atoms with Gasteiger partial charge in [-0.25, -0.2) is 13.2 Å². The molecule has 4 N–H and O–H groups in total. The van der Waals surface area contributed by atoms with Crippen LogP contribution in [0.5, 0.6) is 5.75 Å². The Labute approximate surface area is 238 Å². The number of carbonyl (C=O) groups excluding carboxylic acids is 2. The molecule has 1 unspecified atom stereocenters. The second-order valence-electron chi connectivity index (χ2n) is 10.6. The van der Waals surface area contributed by atoms with Gasteiger partial charge in [0.1, 0.15) is 11.9 Å². The molecule has 41 heavy (non-hydrogen) atoms. The summed E-state index contributed by atoms with van der Waals surface area (Å²) >= 11 is 0. The minimum Gasteiger partial charge on any atom is -0.508 e. The number of fused-ring (bicyclic) bond motifs is 1. The van der Waals surface area contributed by atoms with E-state index in [9.17, 15) is 28.2 Å². The van der Waals surface area contributed by atoms with Crippen LogP contribution < -0.4 is 10.6 Å². The van der Waals surface area contributed by atoms with Gasteiger partial charge in [0.15, 0.2) is 6.29 Å². The molecule has 0 saturated carbocycles. The first-order valence-electron chi connectivity index (χ1n) is 13.7. The molecular formula is C28H35N3O9S. The van der Waals surface area contributed by atoms with Crippen molar-refractivity contribution in [3.05, 3.63) is 60.2 Å². The van der Waals surface area contributed by atoms with Gasteiger partial charge in [-0.3, -0.25) is 4.79 Å². The third kappa shape index (κ3) is 7.16. The third-order valence-electron chi connectivity index (χ3n) is 7.68. The van der Waals surface area contributed by atoms with Gasteiger partial charge in [0.05, 0.1) is 36.2 Å². The van der Waals surface area contributed by atoms with E-state index in [1.165, 1.54) is 24.3 Å². The van der Waals surface area contributed by atoms with Crippen molar-refractivity contribution in [3.63, 3.8) is 0 Å². The van der Waals surface area contributed by atoms with E-state index in [1.807, 2.05) is 30.3 Å². The minimum atomic E-state index is -4.14. The zero-order chi connectivity index (χ0) is 29.0. The Bertz CT molecular complexity index is 1310. The molecule has 222 valence electrons. The molecule has 0 spiro atoms. The van der Waals surface area contributed by atoms with Crippen LogP contribution in [0.3, 0.4) is 0 Å². The minimum absolute atomic E-state index is 0.0641. The van der Waals surface area contributed by atoms with Crippen molar-refractivity contribution in [1.82, 2.24) is 14.9 Å². The molecule has 13 heteroatoms. The quantitative estimate of drug-likeness (QED) is 0.301. The maximum Gasteiger partial charge on any atom is 0.407 e. The molecule has 3 aliphatic heterocycles. The number of aliphatic hydroxyl groups excluding tert-OH is 1. The number of aromatic hydroxyl groups is 1. The van der Waals surface area contributed by atoms with Gasteiger partial charge < -0.3 is 35.1 Å². The SMILES string of the molecule is O=C1CC[C@@H](CN(C[C@@H](O)[C@H](Cc2ccccc2)NC(=O)OC2CO[C@H]3OCC[C@@H]23)S(=O)(=O)c2ccc(O)cc2)N1. The van der Waals surface area contributed by atoms with E-state index in [1.54, 1.807) is 0 Å². The van der Waals surface area contributed by atoms with Crippen molar-refractivity contribution in [2.24, 2.45) is 5.92 Å². The van der Waals surface area contributed by atoms with Crippen molar-refractivity contribution in [3.8, 4) is 5.75 Å². The van der Waals surface area contributed by atoms with E-state index in [-0.39, 0.29) is 55.0 Å². The van der Waals surface area contributed by atoms with Crippen molar-refractivity contribution in [2.45, 2.75) is 61.2 Å². The van der Waals surface area contributed by atoms with E-state index < -0.39 is 46.7 Å². The molecule has 2 aromatic rings. The number of phenolic OH excluding ortho intramolecular Hbond substituents is 1. The number of nitrogens with one attached hydrogen (secondary N) is 2. The first kappa shape index (κ1) is 29.3. The van der Waals surface area contributed by atoms with Crippen LogP contribution in [-0.4, -0.2) is 91.8 Å². The monoisotopic (exact) mass is 589 g/mol. The zero-order valence-corrected chi connectivity index (χ0v) is 23.2. The molecule has 2 amide bonds. The maximum atomic E-state index is 13.7. The van der Waals surface area contributed by atoms with E-state index >= 15 is 0 Å². The van der Waals surface area contributed by atoms with Gasteiger partial charge in [0.25, 0.3) is 0 Å². The summed E-state index contributed by atoms with van der Waals surface area (Å²) in [4.78, 5) is 24.7. The Balaban J connectivity index is 1.34. The largest absolute Gasteiger partial charge is 0.508 e. The standard InChI is InChI=1S/C28H35N3O9S/c32-20-7-9-21(10-8-20)41(36,37)31(15-19-6-11-26(34)29-19)16-24(33)23(14-18-4-2-1-3-5-18)30-28(35)40-25-17-39-27-22(25)12-13-38-27/h1-5,7-10,19,22-25,27,32-33H,6,11-17H2,(H,29,34)(H,30,35)/t19-,22-,23-,24+,25?,27+/m0/s1. The predicted octanol–water partition coefficient (Wildman–Crippen LogP) is 1.12. The third-order valence-corrected chi connectivity index (χ3v) is 9.53. The van der Waals surface area contributed by atoms with Gasteiger partial charge in [-0.05, 0) is 49.1 Å². The van der Waals surface area contributed by atoms with Gasteiger partial charge >= 0.3 is 6.09 Å². The Morgan fingerprint density at radius 2 is 1.88 bits per heavy atom. The zero-order valence-electron chi connectivity index (χ0n) is 22.4. The van der Waals surface area contributed by atoms with Gasteiger partial charge in [-0.15, -0.1) is 0 Å². The maximum absolute atomic E-state index is 13.7. The lowest BCUT2D eigenvalue weighted by molar-refractivity contribution is -0.119. The normalized spacial score (nSPS) is 25.5. The Morgan fingerprint density at radius 3 is 2.59 bits per heavy atom. The van der Waals surface area contributed by atoms with Crippen LogP contribution >= 0.6 is 0 Å². The van der Waals surface area contributed by atoms with E-state index in [0.717, 1.165) is 9.87 Å². The average Bonchev–Trinajstić information content (AvgIpc) is 3.68. The topological polar surface area (TPSA) is 164 Å². The lowest BCUT2D eigenvalue weighted by atomic mass is 10.0. The van der Waals surface area contributed by atoms with Crippen LogP contribution in [0.2, 0.25) is 0 Å². The van der Waals surface area contributed by atoms with Crippen LogP contribution in [0, 0.1) is 5.92 Å². The first-order valence-corrected chi connectivity index (χ1v) is 15.1. The summed E-state index contributed by atoms with van der Waals surface area (Å²) in [7, 11) is -4.14. The number of alkyl carbamates (subject to hydrolysis) is 1. The number of sulfonamides is 1. The number of ether oxygens (including phenoxy) is 3. The number of phenols is 1. The summed E-state index contributed by atoms with van der Waals surface area (Å²) in [5, 5.41) is 26.6. The van der Waals surface area contributed by atoms with E-state index in [4.69, 9.17) is 14.2 Å². The fourth-order valence-corrected chi connectivity index (χ4v) is 6.96. The van der Waals surface area contributed by atoms with Gasteiger partial charge in [0.2, 0.25) is 15.9 Å². The Hall–Kier alpha value is -3.23.